The Morgan fingerprint density at radius 3 is 1.85 bits per heavy atom. The highest BCUT2D eigenvalue weighted by molar-refractivity contribution is 7.93. The van der Waals surface area contributed by atoms with E-state index in [9.17, 15) is 21.6 Å². The lowest BCUT2D eigenvalue weighted by Gasteiger charge is -2.14. The number of hydrogen-bond donors (Lipinski definition) is 3. The minimum Gasteiger partial charge on any atom is -0.496 e. The Hall–Kier alpha value is -3.57. The molecular weight excluding hydrogens is 478 g/mol. The maximum absolute atomic E-state index is 12.9. The molecule has 1 amide bonds. The summed E-state index contributed by atoms with van der Waals surface area (Å²) in [5.41, 5.74) is 0.638. The third kappa shape index (κ3) is 6.06. The standard InChI is InChI=1S/C23H25N3O6S2/c1-16(2)24-23(27)21-15-20(13-14-22(21)32-3)34(30,31)26-18-9-11-19(12-10-18)33(28,29)25-17-7-5-4-6-8-17/h4-16,25-26H,1-3H3,(H,24,27). The molecule has 0 aliphatic rings. The first kappa shape index (κ1) is 25.1. The van der Waals surface area contributed by atoms with Crippen molar-refractivity contribution in [2.45, 2.75) is 29.7 Å². The van der Waals surface area contributed by atoms with E-state index in [1.54, 1.807) is 44.2 Å². The lowest BCUT2D eigenvalue weighted by Crippen LogP contribution is -2.30. The van der Waals surface area contributed by atoms with E-state index in [2.05, 4.69) is 14.8 Å². The molecule has 0 saturated heterocycles. The first-order valence-corrected chi connectivity index (χ1v) is 13.2. The normalized spacial score (nSPS) is 11.6. The lowest BCUT2D eigenvalue weighted by atomic mass is 10.2. The third-order valence-electron chi connectivity index (χ3n) is 4.59. The van der Waals surface area contributed by atoms with Gasteiger partial charge in [0.2, 0.25) is 0 Å². The molecule has 0 fully saturated rings. The van der Waals surface area contributed by atoms with Gasteiger partial charge in [-0.3, -0.25) is 14.2 Å². The molecule has 0 bridgehead atoms. The van der Waals surface area contributed by atoms with Crippen LogP contribution in [0.4, 0.5) is 11.4 Å². The van der Waals surface area contributed by atoms with Gasteiger partial charge in [-0.25, -0.2) is 16.8 Å². The van der Waals surface area contributed by atoms with Crippen LogP contribution in [0.1, 0.15) is 24.2 Å². The van der Waals surface area contributed by atoms with E-state index in [-0.39, 0.29) is 32.8 Å². The highest BCUT2D eigenvalue weighted by Crippen LogP contribution is 2.25. The summed E-state index contributed by atoms with van der Waals surface area (Å²) in [5, 5.41) is 2.70. The van der Waals surface area contributed by atoms with E-state index >= 15 is 0 Å². The summed E-state index contributed by atoms with van der Waals surface area (Å²) in [4.78, 5) is 12.3. The van der Waals surface area contributed by atoms with E-state index in [0.29, 0.717) is 5.69 Å². The van der Waals surface area contributed by atoms with Crippen LogP contribution < -0.4 is 19.5 Å². The van der Waals surface area contributed by atoms with Gasteiger partial charge in [-0.2, -0.15) is 0 Å². The van der Waals surface area contributed by atoms with Crippen molar-refractivity contribution in [2.75, 3.05) is 16.6 Å². The average Bonchev–Trinajstić information content (AvgIpc) is 2.78. The molecule has 180 valence electrons. The quantitative estimate of drug-likeness (QED) is 0.410. The molecule has 11 heteroatoms. The van der Waals surface area contributed by atoms with Crippen molar-refractivity contribution in [2.24, 2.45) is 0 Å². The van der Waals surface area contributed by atoms with Gasteiger partial charge in [-0.05, 0) is 68.4 Å². The first-order valence-electron chi connectivity index (χ1n) is 10.2. The van der Waals surface area contributed by atoms with Gasteiger partial charge < -0.3 is 10.1 Å². The third-order valence-corrected chi connectivity index (χ3v) is 7.36. The summed E-state index contributed by atoms with van der Waals surface area (Å²) >= 11 is 0. The smallest absolute Gasteiger partial charge is 0.261 e. The number of para-hydroxylation sites is 1. The summed E-state index contributed by atoms with van der Waals surface area (Å²) < 4.78 is 61.0. The Balaban J connectivity index is 1.82. The van der Waals surface area contributed by atoms with Gasteiger partial charge in [0.05, 0.1) is 22.5 Å². The Morgan fingerprint density at radius 2 is 1.29 bits per heavy atom. The number of sulfonamides is 2. The zero-order valence-electron chi connectivity index (χ0n) is 18.8. The maximum atomic E-state index is 12.9. The average molecular weight is 504 g/mol. The van der Waals surface area contributed by atoms with Crippen molar-refractivity contribution in [1.29, 1.82) is 0 Å². The van der Waals surface area contributed by atoms with Crippen LogP contribution in [0.25, 0.3) is 0 Å². The molecule has 0 radical (unpaired) electrons. The summed E-state index contributed by atoms with van der Waals surface area (Å²) in [6.07, 6.45) is 0. The monoisotopic (exact) mass is 503 g/mol. The summed E-state index contributed by atoms with van der Waals surface area (Å²) in [7, 11) is -6.53. The molecule has 9 nitrogen and oxygen atoms in total. The van der Waals surface area contributed by atoms with Crippen molar-refractivity contribution in [3.05, 3.63) is 78.4 Å². The van der Waals surface area contributed by atoms with Crippen LogP contribution in [0.3, 0.4) is 0 Å². The summed E-state index contributed by atoms with van der Waals surface area (Å²) in [6, 6.07) is 17.4. The highest BCUT2D eigenvalue weighted by Gasteiger charge is 2.21. The minimum atomic E-state index is -4.07. The molecule has 0 atom stereocenters. The van der Waals surface area contributed by atoms with E-state index in [1.165, 1.54) is 49.6 Å². The van der Waals surface area contributed by atoms with Gasteiger partial charge in [-0.15, -0.1) is 0 Å². The Bertz CT molecular complexity index is 1370. The number of nitrogens with one attached hydrogen (secondary N) is 3. The molecule has 0 aliphatic heterocycles. The molecule has 0 unspecified atom stereocenters. The number of ether oxygens (including phenoxy) is 1. The van der Waals surface area contributed by atoms with Crippen LogP contribution in [0.2, 0.25) is 0 Å². The zero-order valence-corrected chi connectivity index (χ0v) is 20.4. The van der Waals surface area contributed by atoms with Gasteiger partial charge in [0.1, 0.15) is 5.75 Å². The summed E-state index contributed by atoms with van der Waals surface area (Å²) in [5.74, 6) is -0.234. The Labute approximate surface area is 199 Å². The number of benzene rings is 3. The highest BCUT2D eigenvalue weighted by atomic mass is 32.2. The van der Waals surface area contributed by atoms with Crippen molar-refractivity contribution in [3.63, 3.8) is 0 Å². The number of carbonyl (C=O) groups is 1. The van der Waals surface area contributed by atoms with Gasteiger partial charge in [0.25, 0.3) is 26.0 Å². The second kappa shape index (κ2) is 10.1. The molecule has 0 aromatic heterocycles. The van der Waals surface area contributed by atoms with Crippen molar-refractivity contribution >= 4 is 37.3 Å². The molecule has 0 heterocycles. The lowest BCUT2D eigenvalue weighted by molar-refractivity contribution is 0.0940. The predicted octanol–water partition coefficient (Wildman–Crippen LogP) is 3.44. The van der Waals surface area contributed by atoms with E-state index in [0.717, 1.165) is 0 Å². The largest absolute Gasteiger partial charge is 0.496 e. The van der Waals surface area contributed by atoms with Gasteiger partial charge in [0.15, 0.2) is 0 Å². The van der Waals surface area contributed by atoms with Gasteiger partial charge in [-0.1, -0.05) is 18.2 Å². The number of hydrogen-bond acceptors (Lipinski definition) is 6. The zero-order chi connectivity index (χ0) is 24.9. The molecular formula is C23H25N3O6S2. The predicted molar refractivity (Wildman–Crippen MR) is 130 cm³/mol. The van der Waals surface area contributed by atoms with Gasteiger partial charge >= 0.3 is 0 Å². The summed E-state index contributed by atoms with van der Waals surface area (Å²) in [6.45, 7) is 3.57. The van der Waals surface area contributed by atoms with Crippen LogP contribution in [0.5, 0.6) is 5.75 Å². The van der Waals surface area contributed by atoms with Crippen LogP contribution in [0.15, 0.2) is 82.6 Å². The number of amides is 1. The number of anilines is 2. The van der Waals surface area contributed by atoms with Crippen molar-refractivity contribution < 1.29 is 26.4 Å². The Morgan fingerprint density at radius 1 is 0.765 bits per heavy atom. The molecule has 3 aromatic rings. The molecule has 0 aliphatic carbocycles. The number of carbonyl (C=O) groups excluding carboxylic acids is 1. The fraction of sp³-hybridized carbons (Fsp3) is 0.174. The van der Waals surface area contributed by atoms with Crippen LogP contribution in [0, 0.1) is 0 Å². The van der Waals surface area contributed by atoms with E-state index in [4.69, 9.17) is 4.74 Å². The van der Waals surface area contributed by atoms with Crippen LogP contribution in [-0.2, 0) is 20.0 Å². The maximum Gasteiger partial charge on any atom is 0.261 e. The van der Waals surface area contributed by atoms with Crippen molar-refractivity contribution in [3.8, 4) is 5.75 Å². The Kier molecular flexibility index (Phi) is 7.48. The fourth-order valence-electron chi connectivity index (χ4n) is 3.01. The molecule has 0 spiro atoms. The van der Waals surface area contributed by atoms with Crippen LogP contribution in [-0.4, -0.2) is 35.9 Å². The SMILES string of the molecule is COc1ccc(S(=O)(=O)Nc2ccc(S(=O)(=O)Nc3ccccc3)cc2)cc1C(=O)NC(C)C. The van der Waals surface area contributed by atoms with Crippen molar-refractivity contribution in [1.82, 2.24) is 5.32 Å². The molecule has 3 rings (SSSR count). The molecule has 0 saturated carbocycles. The fourth-order valence-corrected chi connectivity index (χ4v) is 5.15. The second-order valence-corrected chi connectivity index (χ2v) is 11.0. The molecule has 3 N–H and O–H groups in total. The number of rotatable bonds is 9. The minimum absolute atomic E-state index is 0.0311. The number of methoxy groups -OCH3 is 1. The van der Waals surface area contributed by atoms with Crippen LogP contribution >= 0.6 is 0 Å². The first-order chi connectivity index (χ1) is 16.0. The molecule has 3 aromatic carbocycles. The van der Waals surface area contributed by atoms with E-state index in [1.807, 2.05) is 0 Å². The van der Waals surface area contributed by atoms with Gasteiger partial charge in [0, 0.05) is 17.4 Å². The second-order valence-electron chi connectivity index (χ2n) is 7.59. The van der Waals surface area contributed by atoms with E-state index < -0.39 is 26.0 Å². The topological polar surface area (TPSA) is 131 Å². The molecule has 34 heavy (non-hydrogen) atoms.